The Kier molecular flexibility index (Phi) is 5.49. The molecule has 1 aromatic carbocycles. The van der Waals surface area contributed by atoms with Crippen LogP contribution in [0, 0.1) is 10.5 Å². The van der Waals surface area contributed by atoms with Crippen LogP contribution in [0.4, 0.5) is 10.8 Å². The normalized spacial score (nSPS) is 10.5. The van der Waals surface area contributed by atoms with E-state index in [1.807, 2.05) is 25.1 Å². The number of rotatable bonds is 5. The van der Waals surface area contributed by atoms with Crippen LogP contribution in [0.25, 0.3) is 0 Å². The fourth-order valence-electron chi connectivity index (χ4n) is 2.14. The molecule has 3 aromatic rings. The van der Waals surface area contributed by atoms with Crippen LogP contribution >= 0.6 is 33.9 Å². The first-order valence-electron chi connectivity index (χ1n) is 7.36. The number of amides is 2. The van der Waals surface area contributed by atoms with E-state index in [0.717, 1.165) is 14.8 Å². The summed E-state index contributed by atoms with van der Waals surface area (Å²) in [5, 5.41) is 7.70. The van der Waals surface area contributed by atoms with Gasteiger partial charge in [0.1, 0.15) is 0 Å². The number of furan rings is 1. The SMILES string of the molecule is Cc1cc(I)ccc1NC(=O)Cc1csc(NC(=O)c2ccco2)n1. The summed E-state index contributed by atoms with van der Waals surface area (Å²) in [7, 11) is 0. The monoisotopic (exact) mass is 467 g/mol. The number of aromatic nitrogens is 1. The molecule has 2 heterocycles. The Balaban J connectivity index is 1.59. The van der Waals surface area contributed by atoms with Crippen LogP contribution in [-0.2, 0) is 11.2 Å². The highest BCUT2D eigenvalue weighted by Crippen LogP contribution is 2.20. The minimum absolute atomic E-state index is 0.137. The number of nitrogens with one attached hydrogen (secondary N) is 2. The maximum absolute atomic E-state index is 12.2. The van der Waals surface area contributed by atoms with Gasteiger partial charge in [-0.15, -0.1) is 11.3 Å². The van der Waals surface area contributed by atoms with Gasteiger partial charge in [-0.2, -0.15) is 0 Å². The second kappa shape index (κ2) is 7.79. The van der Waals surface area contributed by atoms with Gasteiger partial charge in [-0.1, -0.05) is 0 Å². The fourth-order valence-corrected chi connectivity index (χ4v) is 3.49. The Hall–Kier alpha value is -2.20. The van der Waals surface area contributed by atoms with Gasteiger partial charge in [0.15, 0.2) is 10.9 Å². The third-order valence-electron chi connectivity index (χ3n) is 3.32. The number of carbonyl (C=O) groups excluding carboxylic acids is 2. The maximum atomic E-state index is 12.2. The van der Waals surface area contributed by atoms with Crippen molar-refractivity contribution in [2.75, 3.05) is 10.6 Å². The van der Waals surface area contributed by atoms with E-state index in [4.69, 9.17) is 4.42 Å². The standard InChI is InChI=1S/C17H14IN3O3S/c1-10-7-11(18)4-5-13(10)20-15(22)8-12-9-25-17(19-12)21-16(23)14-3-2-6-24-14/h2-7,9H,8H2,1H3,(H,20,22)(H,19,21,23). The summed E-state index contributed by atoms with van der Waals surface area (Å²) >= 11 is 3.49. The lowest BCUT2D eigenvalue weighted by Gasteiger charge is -2.08. The van der Waals surface area contributed by atoms with Gasteiger partial charge in [0, 0.05) is 14.6 Å². The van der Waals surface area contributed by atoms with Crippen molar-refractivity contribution in [3.05, 3.63) is 62.6 Å². The maximum Gasteiger partial charge on any atom is 0.293 e. The molecule has 0 aliphatic carbocycles. The summed E-state index contributed by atoms with van der Waals surface area (Å²) in [5.41, 5.74) is 2.39. The van der Waals surface area contributed by atoms with E-state index in [-0.39, 0.29) is 24.0 Å². The number of aryl methyl sites for hydroxylation is 1. The molecule has 0 aliphatic heterocycles. The van der Waals surface area contributed by atoms with Crippen molar-refractivity contribution in [1.82, 2.24) is 4.98 Å². The molecule has 0 saturated carbocycles. The van der Waals surface area contributed by atoms with Gasteiger partial charge in [-0.3, -0.25) is 14.9 Å². The van der Waals surface area contributed by atoms with Crippen molar-refractivity contribution in [2.45, 2.75) is 13.3 Å². The number of nitrogens with zero attached hydrogens (tertiary/aromatic N) is 1. The van der Waals surface area contributed by atoms with Crippen molar-refractivity contribution in [1.29, 1.82) is 0 Å². The Morgan fingerprint density at radius 3 is 2.84 bits per heavy atom. The van der Waals surface area contributed by atoms with E-state index >= 15 is 0 Å². The van der Waals surface area contributed by atoms with Crippen molar-refractivity contribution >= 4 is 56.6 Å². The van der Waals surface area contributed by atoms with Crippen molar-refractivity contribution in [2.24, 2.45) is 0 Å². The first-order chi connectivity index (χ1) is 12.0. The van der Waals surface area contributed by atoms with Crippen LogP contribution in [-0.4, -0.2) is 16.8 Å². The molecule has 128 valence electrons. The van der Waals surface area contributed by atoms with Crippen molar-refractivity contribution < 1.29 is 14.0 Å². The highest BCUT2D eigenvalue weighted by molar-refractivity contribution is 14.1. The molecule has 0 atom stereocenters. The minimum atomic E-state index is -0.370. The molecule has 0 spiro atoms. The van der Waals surface area contributed by atoms with Crippen LogP contribution in [0.3, 0.4) is 0 Å². The number of halogens is 1. The average molecular weight is 467 g/mol. The molecule has 6 nitrogen and oxygen atoms in total. The Morgan fingerprint density at radius 2 is 2.12 bits per heavy atom. The molecule has 0 radical (unpaired) electrons. The number of hydrogen-bond acceptors (Lipinski definition) is 5. The molecule has 0 unspecified atom stereocenters. The van der Waals surface area contributed by atoms with Gasteiger partial charge in [0.25, 0.3) is 5.91 Å². The molecule has 25 heavy (non-hydrogen) atoms. The molecule has 0 fully saturated rings. The lowest BCUT2D eigenvalue weighted by atomic mass is 10.2. The number of carbonyl (C=O) groups is 2. The zero-order chi connectivity index (χ0) is 17.8. The summed E-state index contributed by atoms with van der Waals surface area (Å²) in [6.45, 7) is 1.95. The number of benzene rings is 1. The molecular formula is C17H14IN3O3S. The lowest BCUT2D eigenvalue weighted by molar-refractivity contribution is -0.115. The van der Waals surface area contributed by atoms with E-state index in [1.165, 1.54) is 17.6 Å². The molecule has 0 saturated heterocycles. The summed E-state index contributed by atoms with van der Waals surface area (Å²) in [5.74, 6) is -0.313. The van der Waals surface area contributed by atoms with Crippen LogP contribution in [0.2, 0.25) is 0 Å². The highest BCUT2D eigenvalue weighted by Gasteiger charge is 2.13. The molecule has 2 aromatic heterocycles. The summed E-state index contributed by atoms with van der Waals surface area (Å²) < 4.78 is 6.14. The predicted molar refractivity (Wildman–Crippen MR) is 105 cm³/mol. The van der Waals surface area contributed by atoms with Crippen LogP contribution in [0.15, 0.2) is 46.4 Å². The van der Waals surface area contributed by atoms with Crippen LogP contribution in [0.5, 0.6) is 0 Å². The third-order valence-corrected chi connectivity index (χ3v) is 4.80. The van der Waals surface area contributed by atoms with Crippen LogP contribution in [0.1, 0.15) is 21.8 Å². The number of hydrogen-bond donors (Lipinski definition) is 2. The van der Waals surface area contributed by atoms with Gasteiger partial charge in [-0.05, 0) is 65.4 Å². The smallest absolute Gasteiger partial charge is 0.293 e. The quantitative estimate of drug-likeness (QED) is 0.554. The predicted octanol–water partition coefficient (Wildman–Crippen LogP) is 4.08. The molecule has 8 heteroatoms. The summed E-state index contributed by atoms with van der Waals surface area (Å²) in [6, 6.07) is 9.03. The number of thiazole rings is 1. The van der Waals surface area contributed by atoms with Crippen LogP contribution < -0.4 is 10.6 Å². The second-order valence-corrected chi connectivity index (χ2v) is 7.36. The number of anilines is 2. The minimum Gasteiger partial charge on any atom is -0.459 e. The van der Waals surface area contributed by atoms with Gasteiger partial charge >= 0.3 is 0 Å². The lowest BCUT2D eigenvalue weighted by Crippen LogP contribution is -2.15. The fraction of sp³-hybridized carbons (Fsp3) is 0.118. The first kappa shape index (κ1) is 17.6. The Bertz CT molecular complexity index is 906. The zero-order valence-corrected chi connectivity index (χ0v) is 16.2. The van der Waals surface area contributed by atoms with E-state index in [2.05, 4.69) is 38.2 Å². The molecule has 3 rings (SSSR count). The highest BCUT2D eigenvalue weighted by atomic mass is 127. The Labute approximate surface area is 161 Å². The summed E-state index contributed by atoms with van der Waals surface area (Å²) in [4.78, 5) is 28.3. The topological polar surface area (TPSA) is 84.2 Å². The van der Waals surface area contributed by atoms with E-state index in [9.17, 15) is 9.59 Å². The van der Waals surface area contributed by atoms with Gasteiger partial charge in [-0.25, -0.2) is 4.98 Å². The van der Waals surface area contributed by atoms with Crippen molar-refractivity contribution in [3.8, 4) is 0 Å². The third kappa shape index (κ3) is 4.67. The zero-order valence-electron chi connectivity index (χ0n) is 13.2. The molecular weight excluding hydrogens is 453 g/mol. The second-order valence-electron chi connectivity index (χ2n) is 5.26. The molecule has 0 bridgehead atoms. The largest absolute Gasteiger partial charge is 0.459 e. The molecule has 2 N–H and O–H groups in total. The summed E-state index contributed by atoms with van der Waals surface area (Å²) in [6.07, 6.45) is 1.57. The van der Waals surface area contributed by atoms with Gasteiger partial charge in [0.05, 0.1) is 18.4 Å². The van der Waals surface area contributed by atoms with E-state index in [0.29, 0.717) is 10.8 Å². The van der Waals surface area contributed by atoms with Crippen molar-refractivity contribution in [3.63, 3.8) is 0 Å². The molecule has 0 aliphatic rings. The van der Waals surface area contributed by atoms with E-state index in [1.54, 1.807) is 17.5 Å². The molecule has 2 amide bonds. The van der Waals surface area contributed by atoms with Gasteiger partial charge in [0.2, 0.25) is 5.91 Å². The average Bonchev–Trinajstić information content (AvgIpc) is 3.22. The van der Waals surface area contributed by atoms with Gasteiger partial charge < -0.3 is 9.73 Å². The van der Waals surface area contributed by atoms with E-state index < -0.39 is 0 Å². The Morgan fingerprint density at radius 1 is 1.28 bits per heavy atom. The first-order valence-corrected chi connectivity index (χ1v) is 9.32.